The lowest BCUT2D eigenvalue weighted by molar-refractivity contribution is -0.121. The lowest BCUT2D eigenvalue weighted by Crippen LogP contribution is -2.43. The third-order valence-corrected chi connectivity index (χ3v) is 8.46. The fraction of sp³-hybridized carbons (Fsp3) is 0.138. The van der Waals surface area contributed by atoms with Gasteiger partial charge in [0.2, 0.25) is 15.9 Å². The fourth-order valence-electron chi connectivity index (χ4n) is 4.01. The number of carbonyl (C=O) groups is 1. The summed E-state index contributed by atoms with van der Waals surface area (Å²) in [7, 11) is -4.13. The number of sulfonamides is 1. The zero-order chi connectivity index (χ0) is 26.3. The number of hydrogen-bond donors (Lipinski definition) is 1. The molecule has 0 fully saturated rings. The largest absolute Gasteiger partial charge is 0.344 e. The number of nitrogens with one attached hydrogen (secondary N) is 1. The highest BCUT2D eigenvalue weighted by molar-refractivity contribution is 7.89. The molecule has 0 saturated carbocycles. The van der Waals surface area contributed by atoms with Crippen molar-refractivity contribution in [3.05, 3.63) is 136 Å². The highest BCUT2D eigenvalue weighted by Gasteiger charge is 2.30. The molecule has 190 valence electrons. The van der Waals surface area contributed by atoms with E-state index in [1.165, 1.54) is 18.2 Å². The van der Waals surface area contributed by atoms with E-state index in [1.807, 2.05) is 91.0 Å². The van der Waals surface area contributed by atoms with Gasteiger partial charge in [-0.05, 0) is 41.3 Å². The second-order valence-electron chi connectivity index (χ2n) is 8.47. The minimum atomic E-state index is -4.13. The summed E-state index contributed by atoms with van der Waals surface area (Å²) in [5, 5.41) is 3.31. The molecule has 0 aromatic heterocycles. The Morgan fingerprint density at radius 2 is 1.32 bits per heavy atom. The van der Waals surface area contributed by atoms with Crippen LogP contribution in [0.2, 0.25) is 10.0 Å². The molecule has 0 spiro atoms. The molecule has 5 nitrogen and oxygen atoms in total. The highest BCUT2D eigenvalue weighted by Crippen LogP contribution is 2.28. The third-order valence-electron chi connectivity index (χ3n) is 5.89. The van der Waals surface area contributed by atoms with Crippen LogP contribution in [0.3, 0.4) is 0 Å². The summed E-state index contributed by atoms with van der Waals surface area (Å²) in [6.45, 7) is -0.294. The Balaban J connectivity index is 1.62. The van der Waals surface area contributed by atoms with Gasteiger partial charge in [-0.1, -0.05) is 114 Å². The van der Waals surface area contributed by atoms with Crippen molar-refractivity contribution in [1.82, 2.24) is 9.62 Å². The van der Waals surface area contributed by atoms with Crippen molar-refractivity contribution in [1.29, 1.82) is 0 Å². The Morgan fingerprint density at radius 3 is 1.89 bits per heavy atom. The molecule has 0 saturated heterocycles. The van der Waals surface area contributed by atoms with Gasteiger partial charge in [0.1, 0.15) is 4.90 Å². The molecule has 0 heterocycles. The van der Waals surface area contributed by atoms with E-state index in [4.69, 9.17) is 23.2 Å². The third kappa shape index (κ3) is 6.99. The highest BCUT2D eigenvalue weighted by atomic mass is 35.5. The van der Waals surface area contributed by atoms with Crippen LogP contribution in [0.25, 0.3) is 0 Å². The minimum Gasteiger partial charge on any atom is -0.344 e. The van der Waals surface area contributed by atoms with Crippen LogP contribution in [-0.4, -0.2) is 31.7 Å². The summed E-state index contributed by atoms with van der Waals surface area (Å²) in [5.41, 5.74) is 2.73. The van der Waals surface area contributed by atoms with Crippen LogP contribution in [0, 0.1) is 0 Å². The first-order chi connectivity index (χ1) is 17.8. The first kappa shape index (κ1) is 26.9. The molecule has 37 heavy (non-hydrogen) atoms. The zero-order valence-corrected chi connectivity index (χ0v) is 22.3. The van der Waals surface area contributed by atoms with Gasteiger partial charge in [0.15, 0.2) is 0 Å². The molecule has 0 aliphatic carbocycles. The van der Waals surface area contributed by atoms with Crippen LogP contribution in [-0.2, 0) is 21.2 Å². The molecule has 1 N–H and O–H groups in total. The van der Waals surface area contributed by atoms with E-state index in [-0.39, 0.29) is 28.0 Å². The number of hydrogen-bond acceptors (Lipinski definition) is 3. The molecule has 4 aromatic carbocycles. The predicted molar refractivity (Wildman–Crippen MR) is 148 cm³/mol. The minimum absolute atomic E-state index is 0.0426. The first-order valence-corrected chi connectivity index (χ1v) is 13.9. The van der Waals surface area contributed by atoms with Gasteiger partial charge < -0.3 is 5.32 Å². The molecule has 0 bridgehead atoms. The molecule has 0 aliphatic heterocycles. The maximum Gasteiger partial charge on any atom is 0.245 e. The Hall–Kier alpha value is -3.16. The standard InChI is InChI=1S/C29H26Cl2N2O3S/c30-25-16-17-26(31)27(20-25)37(35,36)33(19-18-22-10-4-1-5-11-22)21-28(34)32-29(23-12-6-2-7-13-23)24-14-8-3-9-15-24/h1-17,20,29H,18-19,21H2,(H,32,34). The van der Waals surface area contributed by atoms with Crippen molar-refractivity contribution >= 4 is 39.1 Å². The Kier molecular flexibility index (Phi) is 9.00. The number of halogens is 2. The van der Waals surface area contributed by atoms with Crippen LogP contribution < -0.4 is 5.32 Å². The van der Waals surface area contributed by atoms with E-state index in [2.05, 4.69) is 5.32 Å². The normalized spacial score (nSPS) is 11.6. The molecule has 8 heteroatoms. The molecule has 4 rings (SSSR count). The molecular formula is C29H26Cl2N2O3S. The quantitative estimate of drug-likeness (QED) is 0.257. The van der Waals surface area contributed by atoms with E-state index in [9.17, 15) is 13.2 Å². The Labute approximate surface area is 227 Å². The number of benzene rings is 4. The van der Waals surface area contributed by atoms with Crippen LogP contribution in [0.5, 0.6) is 0 Å². The summed E-state index contributed by atoms with van der Waals surface area (Å²) in [5.74, 6) is -0.438. The van der Waals surface area contributed by atoms with Gasteiger partial charge in [-0.3, -0.25) is 4.79 Å². The monoisotopic (exact) mass is 552 g/mol. The smallest absolute Gasteiger partial charge is 0.245 e. The fourth-order valence-corrected chi connectivity index (χ4v) is 6.15. The SMILES string of the molecule is O=C(CN(CCc1ccccc1)S(=O)(=O)c1cc(Cl)ccc1Cl)NC(c1ccccc1)c1ccccc1. The number of carbonyl (C=O) groups excluding carboxylic acids is 1. The van der Waals surface area contributed by atoms with Gasteiger partial charge in [-0.15, -0.1) is 0 Å². The van der Waals surface area contributed by atoms with E-state index in [0.29, 0.717) is 6.42 Å². The summed E-state index contributed by atoms with van der Waals surface area (Å²) in [6.07, 6.45) is 0.423. The van der Waals surface area contributed by atoms with Crippen molar-refractivity contribution in [2.75, 3.05) is 13.1 Å². The van der Waals surface area contributed by atoms with Crippen LogP contribution in [0.1, 0.15) is 22.7 Å². The van der Waals surface area contributed by atoms with Gasteiger partial charge in [-0.25, -0.2) is 8.42 Å². The van der Waals surface area contributed by atoms with Crippen molar-refractivity contribution < 1.29 is 13.2 Å². The maximum atomic E-state index is 13.7. The van der Waals surface area contributed by atoms with Gasteiger partial charge in [-0.2, -0.15) is 4.31 Å². The zero-order valence-electron chi connectivity index (χ0n) is 19.9. The summed E-state index contributed by atoms with van der Waals surface area (Å²) < 4.78 is 28.5. The average molecular weight is 554 g/mol. The summed E-state index contributed by atoms with van der Waals surface area (Å²) >= 11 is 12.3. The Bertz CT molecular complexity index is 1390. The lowest BCUT2D eigenvalue weighted by atomic mass is 9.99. The van der Waals surface area contributed by atoms with Crippen molar-refractivity contribution in [3.63, 3.8) is 0 Å². The maximum absolute atomic E-state index is 13.7. The number of nitrogens with zero attached hydrogens (tertiary/aromatic N) is 1. The number of amides is 1. The van der Waals surface area contributed by atoms with Crippen molar-refractivity contribution in [2.45, 2.75) is 17.4 Å². The molecule has 1 amide bonds. The molecule has 0 radical (unpaired) electrons. The van der Waals surface area contributed by atoms with Crippen LogP contribution >= 0.6 is 23.2 Å². The average Bonchev–Trinajstić information content (AvgIpc) is 2.92. The molecule has 0 unspecified atom stereocenters. The predicted octanol–water partition coefficient (Wildman–Crippen LogP) is 6.13. The molecule has 0 atom stereocenters. The van der Waals surface area contributed by atoms with E-state index >= 15 is 0 Å². The molecule has 0 aliphatic rings. The topological polar surface area (TPSA) is 66.5 Å². The summed E-state index contributed by atoms with van der Waals surface area (Å²) in [4.78, 5) is 13.2. The first-order valence-electron chi connectivity index (χ1n) is 11.7. The van der Waals surface area contributed by atoms with Crippen molar-refractivity contribution in [2.24, 2.45) is 0 Å². The number of rotatable bonds is 10. The van der Waals surface area contributed by atoms with Gasteiger partial charge in [0.05, 0.1) is 17.6 Å². The lowest BCUT2D eigenvalue weighted by Gasteiger charge is -2.25. The molecule has 4 aromatic rings. The Morgan fingerprint density at radius 1 is 0.784 bits per heavy atom. The second-order valence-corrected chi connectivity index (χ2v) is 11.2. The summed E-state index contributed by atoms with van der Waals surface area (Å²) in [6, 6.07) is 32.4. The van der Waals surface area contributed by atoms with Crippen LogP contribution in [0.4, 0.5) is 0 Å². The van der Waals surface area contributed by atoms with E-state index < -0.39 is 22.0 Å². The van der Waals surface area contributed by atoms with E-state index in [0.717, 1.165) is 21.0 Å². The van der Waals surface area contributed by atoms with Crippen LogP contribution in [0.15, 0.2) is 114 Å². The van der Waals surface area contributed by atoms with Gasteiger partial charge in [0, 0.05) is 11.6 Å². The molecular weight excluding hydrogens is 527 g/mol. The van der Waals surface area contributed by atoms with Gasteiger partial charge >= 0.3 is 0 Å². The van der Waals surface area contributed by atoms with Crippen molar-refractivity contribution in [3.8, 4) is 0 Å². The van der Waals surface area contributed by atoms with Gasteiger partial charge in [0.25, 0.3) is 0 Å². The van der Waals surface area contributed by atoms with E-state index in [1.54, 1.807) is 0 Å². The second kappa shape index (κ2) is 12.4.